The van der Waals surface area contributed by atoms with Gasteiger partial charge in [-0.15, -0.1) is 11.6 Å². The first kappa shape index (κ1) is 24.3. The van der Waals surface area contributed by atoms with E-state index in [2.05, 4.69) is 19.1 Å². The van der Waals surface area contributed by atoms with Crippen LogP contribution in [0.4, 0.5) is 0 Å². The highest BCUT2D eigenvalue weighted by atomic mass is 35.5. The van der Waals surface area contributed by atoms with Crippen LogP contribution >= 0.6 is 11.6 Å². The molecule has 0 saturated carbocycles. The van der Waals surface area contributed by atoms with Crippen molar-refractivity contribution in [3.05, 3.63) is 48.5 Å². The topological polar surface area (TPSA) is 35.5 Å². The molecule has 2 rings (SSSR count). The Balaban J connectivity index is 1.81. The van der Waals surface area contributed by atoms with Gasteiger partial charge in [0.15, 0.2) is 0 Å². The summed E-state index contributed by atoms with van der Waals surface area (Å²) in [7, 11) is 0. The van der Waals surface area contributed by atoms with Gasteiger partial charge in [0, 0.05) is 0 Å². The maximum Gasteiger partial charge on any atom is 0.329 e. The van der Waals surface area contributed by atoms with Crippen molar-refractivity contribution in [1.29, 1.82) is 0 Å². The lowest BCUT2D eigenvalue weighted by molar-refractivity contribution is -0.134. The molecular formula is C26H35ClO3. The molecule has 2 aromatic carbocycles. The second-order valence-electron chi connectivity index (χ2n) is 7.87. The van der Waals surface area contributed by atoms with E-state index in [1.54, 1.807) is 12.1 Å². The molecule has 30 heavy (non-hydrogen) atoms. The van der Waals surface area contributed by atoms with Crippen LogP contribution in [0, 0.1) is 5.92 Å². The van der Waals surface area contributed by atoms with Gasteiger partial charge in [0.25, 0.3) is 0 Å². The number of ether oxygens (including phenoxy) is 2. The van der Waals surface area contributed by atoms with Crippen molar-refractivity contribution in [2.24, 2.45) is 5.92 Å². The molecule has 0 aromatic heterocycles. The van der Waals surface area contributed by atoms with Gasteiger partial charge in [0.05, 0.1) is 6.61 Å². The maximum atomic E-state index is 12.1. The van der Waals surface area contributed by atoms with Crippen LogP contribution in [0.15, 0.2) is 48.5 Å². The third-order valence-electron chi connectivity index (χ3n) is 5.40. The number of carbonyl (C=O) groups is 1. The predicted molar refractivity (Wildman–Crippen MR) is 125 cm³/mol. The van der Waals surface area contributed by atoms with Crippen LogP contribution < -0.4 is 9.47 Å². The molecule has 0 fully saturated rings. The normalized spacial score (nSPS) is 12.9. The standard InChI is InChI=1S/C26H35ClO3/c1-4-6-7-8-9-10-19-29-23-15-11-21(12-16-23)22-13-17-24(18-14-22)30-26(28)25(27)20(3)5-2/h11-18,20,25H,4-10,19H2,1-3H3/t20-,25-/m1/s1. The Morgan fingerprint density at radius 2 is 1.37 bits per heavy atom. The van der Waals surface area contributed by atoms with E-state index in [1.165, 1.54) is 32.1 Å². The lowest BCUT2D eigenvalue weighted by Crippen LogP contribution is -2.26. The van der Waals surface area contributed by atoms with Gasteiger partial charge in [-0.1, -0.05) is 83.6 Å². The summed E-state index contributed by atoms with van der Waals surface area (Å²) in [6.45, 7) is 6.96. The van der Waals surface area contributed by atoms with Crippen molar-refractivity contribution in [3.63, 3.8) is 0 Å². The van der Waals surface area contributed by atoms with E-state index < -0.39 is 11.3 Å². The van der Waals surface area contributed by atoms with Crippen molar-refractivity contribution in [1.82, 2.24) is 0 Å². The number of hydrogen-bond acceptors (Lipinski definition) is 3. The largest absolute Gasteiger partial charge is 0.494 e. The molecule has 0 aliphatic rings. The summed E-state index contributed by atoms with van der Waals surface area (Å²) in [6.07, 6.45) is 8.40. The number of carbonyl (C=O) groups excluding carboxylic acids is 1. The number of benzene rings is 2. The van der Waals surface area contributed by atoms with Crippen LogP contribution in [-0.4, -0.2) is 18.0 Å². The van der Waals surface area contributed by atoms with Crippen molar-refractivity contribution in [2.75, 3.05) is 6.61 Å². The van der Waals surface area contributed by atoms with Crippen LogP contribution in [0.25, 0.3) is 11.1 Å². The summed E-state index contributed by atoms with van der Waals surface area (Å²) >= 11 is 6.16. The zero-order valence-electron chi connectivity index (χ0n) is 18.5. The SMILES string of the molecule is CCCCCCCCOc1ccc(-c2ccc(OC(=O)[C@H](Cl)[C@H](C)CC)cc2)cc1. The van der Waals surface area contributed by atoms with E-state index in [0.717, 1.165) is 36.3 Å². The first-order valence-corrected chi connectivity index (χ1v) is 11.7. The number of halogens is 1. The van der Waals surface area contributed by atoms with Crippen LogP contribution in [0.2, 0.25) is 0 Å². The molecule has 0 bridgehead atoms. The fraction of sp³-hybridized carbons (Fsp3) is 0.500. The molecule has 0 amide bonds. The van der Waals surface area contributed by atoms with Gasteiger partial charge in [-0.25, -0.2) is 0 Å². The summed E-state index contributed by atoms with van der Waals surface area (Å²) in [5.74, 6) is 1.10. The second-order valence-corrected chi connectivity index (χ2v) is 8.34. The quantitative estimate of drug-likeness (QED) is 0.142. The highest BCUT2D eigenvalue weighted by Gasteiger charge is 2.23. The Bertz CT molecular complexity index is 740. The minimum absolute atomic E-state index is 0.0835. The Labute approximate surface area is 186 Å². The first-order valence-electron chi connectivity index (χ1n) is 11.2. The number of alkyl halides is 1. The van der Waals surface area contributed by atoms with E-state index >= 15 is 0 Å². The minimum Gasteiger partial charge on any atom is -0.494 e. The van der Waals surface area contributed by atoms with Crippen molar-refractivity contribution in [2.45, 2.75) is 71.1 Å². The van der Waals surface area contributed by atoms with Crippen molar-refractivity contribution in [3.8, 4) is 22.6 Å². The van der Waals surface area contributed by atoms with Gasteiger partial charge < -0.3 is 9.47 Å². The average molecular weight is 431 g/mol. The van der Waals surface area contributed by atoms with Crippen LogP contribution in [0.5, 0.6) is 11.5 Å². The van der Waals surface area contributed by atoms with Gasteiger partial charge in [0.1, 0.15) is 16.9 Å². The van der Waals surface area contributed by atoms with Gasteiger partial charge in [0.2, 0.25) is 0 Å². The molecule has 2 aromatic rings. The highest BCUT2D eigenvalue weighted by Crippen LogP contribution is 2.26. The lowest BCUT2D eigenvalue weighted by Gasteiger charge is -2.15. The molecule has 4 heteroatoms. The second kappa shape index (κ2) is 13.3. The van der Waals surface area contributed by atoms with E-state index in [-0.39, 0.29) is 5.92 Å². The third-order valence-corrected chi connectivity index (χ3v) is 6.00. The average Bonchev–Trinajstić information content (AvgIpc) is 2.78. The smallest absolute Gasteiger partial charge is 0.329 e. The summed E-state index contributed by atoms with van der Waals surface area (Å²) in [4.78, 5) is 12.1. The molecule has 0 aliphatic heterocycles. The summed E-state index contributed by atoms with van der Waals surface area (Å²) < 4.78 is 11.3. The van der Waals surface area contributed by atoms with E-state index in [1.807, 2.05) is 38.1 Å². The Hall–Kier alpha value is -2.00. The van der Waals surface area contributed by atoms with Crippen LogP contribution in [0.3, 0.4) is 0 Å². The van der Waals surface area contributed by atoms with E-state index in [4.69, 9.17) is 21.1 Å². The number of hydrogen-bond donors (Lipinski definition) is 0. The molecule has 0 radical (unpaired) electrons. The zero-order valence-corrected chi connectivity index (χ0v) is 19.3. The molecular weight excluding hydrogens is 396 g/mol. The fourth-order valence-corrected chi connectivity index (χ4v) is 3.37. The number of unbranched alkanes of at least 4 members (excludes halogenated alkanes) is 5. The third kappa shape index (κ3) is 8.02. The van der Waals surface area contributed by atoms with E-state index in [0.29, 0.717) is 5.75 Å². The summed E-state index contributed by atoms with van der Waals surface area (Å²) in [6, 6.07) is 15.6. The molecule has 0 N–H and O–H groups in total. The summed E-state index contributed by atoms with van der Waals surface area (Å²) in [5, 5.41) is -0.626. The van der Waals surface area contributed by atoms with Crippen LogP contribution in [-0.2, 0) is 4.79 Å². The molecule has 164 valence electrons. The Morgan fingerprint density at radius 3 is 1.93 bits per heavy atom. The first-order chi connectivity index (χ1) is 14.5. The highest BCUT2D eigenvalue weighted by molar-refractivity contribution is 6.30. The molecule has 2 atom stereocenters. The minimum atomic E-state index is -0.626. The molecule has 0 saturated heterocycles. The lowest BCUT2D eigenvalue weighted by atomic mass is 10.0. The zero-order chi connectivity index (χ0) is 21.8. The fourth-order valence-electron chi connectivity index (χ4n) is 3.14. The predicted octanol–water partition coefficient (Wildman–Crippen LogP) is 7.65. The number of esters is 1. The Kier molecular flexibility index (Phi) is 10.8. The molecule has 0 spiro atoms. The monoisotopic (exact) mass is 430 g/mol. The molecule has 0 heterocycles. The van der Waals surface area contributed by atoms with E-state index in [9.17, 15) is 4.79 Å². The molecule has 0 unspecified atom stereocenters. The summed E-state index contributed by atoms with van der Waals surface area (Å²) in [5.41, 5.74) is 2.15. The van der Waals surface area contributed by atoms with Crippen molar-refractivity contribution >= 4 is 17.6 Å². The molecule has 3 nitrogen and oxygen atoms in total. The number of rotatable bonds is 13. The van der Waals surface area contributed by atoms with Crippen LogP contribution in [0.1, 0.15) is 65.7 Å². The maximum absolute atomic E-state index is 12.1. The molecule has 0 aliphatic carbocycles. The van der Waals surface area contributed by atoms with Gasteiger partial charge >= 0.3 is 5.97 Å². The van der Waals surface area contributed by atoms with Crippen molar-refractivity contribution < 1.29 is 14.3 Å². The Morgan fingerprint density at radius 1 is 0.833 bits per heavy atom. The van der Waals surface area contributed by atoms with Gasteiger partial charge in [-0.05, 0) is 47.7 Å². The van der Waals surface area contributed by atoms with Gasteiger partial charge in [-0.3, -0.25) is 4.79 Å². The van der Waals surface area contributed by atoms with Gasteiger partial charge in [-0.2, -0.15) is 0 Å².